The normalized spacial score (nSPS) is 40.6. The van der Waals surface area contributed by atoms with Crippen molar-refractivity contribution in [3.63, 3.8) is 0 Å². The number of aliphatic hydroxyl groups is 1. The molecule has 78 valence electrons. The molecule has 0 saturated carbocycles. The number of hydrogen-bond donors (Lipinski definition) is 1. The van der Waals surface area contributed by atoms with E-state index in [1.165, 1.54) is 7.11 Å². The topological polar surface area (TPSA) is 57.2 Å². The zero-order valence-electron chi connectivity index (χ0n) is 8.10. The molecule has 0 amide bonds. The molecule has 1 rings (SSSR count). The van der Waals surface area contributed by atoms with Crippen molar-refractivity contribution in [1.82, 2.24) is 0 Å². The third-order valence-corrected chi connectivity index (χ3v) is 2.25. The zero-order chi connectivity index (χ0) is 9.84. The van der Waals surface area contributed by atoms with Crippen LogP contribution in [0.25, 0.3) is 0 Å². The first kappa shape index (κ1) is 10.9. The van der Waals surface area contributed by atoms with Crippen LogP contribution in [0.1, 0.15) is 0 Å². The van der Waals surface area contributed by atoms with Gasteiger partial charge in [0.2, 0.25) is 0 Å². The summed E-state index contributed by atoms with van der Waals surface area (Å²) in [5.41, 5.74) is 0. The van der Waals surface area contributed by atoms with Crippen LogP contribution in [0.15, 0.2) is 0 Å². The minimum atomic E-state index is -0.943. The van der Waals surface area contributed by atoms with Gasteiger partial charge < -0.3 is 24.1 Å². The Bertz CT molecular complexity index is 151. The highest BCUT2D eigenvalue weighted by atomic mass is 16.7. The Morgan fingerprint density at radius 3 is 2.15 bits per heavy atom. The van der Waals surface area contributed by atoms with Crippen LogP contribution in [0.2, 0.25) is 0 Å². The average Bonchev–Trinajstić information content (AvgIpc) is 2.17. The number of methoxy groups -OCH3 is 3. The number of rotatable bonds is 3. The lowest BCUT2D eigenvalue weighted by atomic mass is 10.1. The van der Waals surface area contributed by atoms with Crippen molar-refractivity contribution in [3.05, 3.63) is 0 Å². The molecule has 0 aromatic heterocycles. The minimum Gasteiger partial charge on any atom is -0.376 e. The Morgan fingerprint density at radius 1 is 1.08 bits per heavy atom. The van der Waals surface area contributed by atoms with Crippen LogP contribution in [-0.4, -0.2) is 57.6 Å². The predicted molar refractivity (Wildman–Crippen MR) is 44.3 cm³/mol. The van der Waals surface area contributed by atoms with E-state index < -0.39 is 12.4 Å². The molecule has 0 radical (unpaired) electrons. The summed E-state index contributed by atoms with van der Waals surface area (Å²) in [6.07, 6.45) is -1.93. The van der Waals surface area contributed by atoms with E-state index in [9.17, 15) is 5.11 Å². The van der Waals surface area contributed by atoms with Crippen LogP contribution in [0.4, 0.5) is 0 Å². The van der Waals surface area contributed by atoms with Crippen molar-refractivity contribution < 1.29 is 24.1 Å². The maximum Gasteiger partial charge on any atom is 0.183 e. The summed E-state index contributed by atoms with van der Waals surface area (Å²) in [7, 11) is 4.63. The van der Waals surface area contributed by atoms with E-state index in [4.69, 9.17) is 18.9 Å². The monoisotopic (exact) mass is 192 g/mol. The molecule has 0 bridgehead atoms. The Morgan fingerprint density at radius 2 is 1.69 bits per heavy atom. The predicted octanol–water partition coefficient (Wildman–Crippen LogP) is -0.620. The van der Waals surface area contributed by atoms with E-state index in [0.29, 0.717) is 6.61 Å². The van der Waals surface area contributed by atoms with Gasteiger partial charge >= 0.3 is 0 Å². The van der Waals surface area contributed by atoms with Gasteiger partial charge in [0.25, 0.3) is 0 Å². The molecular weight excluding hydrogens is 176 g/mol. The number of ether oxygens (including phenoxy) is 4. The summed E-state index contributed by atoms with van der Waals surface area (Å²) in [6, 6.07) is 0. The van der Waals surface area contributed by atoms with Crippen molar-refractivity contribution >= 4 is 0 Å². The average molecular weight is 192 g/mol. The molecule has 1 N–H and O–H groups in total. The smallest absolute Gasteiger partial charge is 0.183 e. The molecule has 1 unspecified atom stereocenters. The molecule has 4 atom stereocenters. The quantitative estimate of drug-likeness (QED) is 0.646. The van der Waals surface area contributed by atoms with Crippen LogP contribution in [0.5, 0.6) is 0 Å². The van der Waals surface area contributed by atoms with E-state index >= 15 is 0 Å². The third kappa shape index (κ3) is 2.18. The molecule has 5 nitrogen and oxygen atoms in total. The van der Waals surface area contributed by atoms with Crippen molar-refractivity contribution in [2.24, 2.45) is 0 Å². The first-order valence-electron chi connectivity index (χ1n) is 4.12. The fourth-order valence-corrected chi connectivity index (χ4v) is 1.50. The van der Waals surface area contributed by atoms with Crippen molar-refractivity contribution in [2.45, 2.75) is 24.6 Å². The Hall–Kier alpha value is -0.200. The van der Waals surface area contributed by atoms with Gasteiger partial charge in [-0.05, 0) is 0 Å². The number of aliphatic hydroxyl groups excluding tert-OH is 1. The highest BCUT2D eigenvalue weighted by Gasteiger charge is 2.40. The molecule has 0 aromatic carbocycles. The van der Waals surface area contributed by atoms with Gasteiger partial charge in [-0.3, -0.25) is 0 Å². The fraction of sp³-hybridized carbons (Fsp3) is 1.00. The summed E-state index contributed by atoms with van der Waals surface area (Å²) in [5, 5.41) is 9.40. The molecule has 1 fully saturated rings. The van der Waals surface area contributed by atoms with Gasteiger partial charge in [-0.2, -0.15) is 0 Å². The Balaban J connectivity index is 2.64. The SMILES string of the molecule is COC1CO[C@@H](O)[C@H](OC)[C@@H]1OC. The van der Waals surface area contributed by atoms with E-state index in [2.05, 4.69) is 0 Å². The molecule has 0 spiro atoms. The summed E-state index contributed by atoms with van der Waals surface area (Å²) in [6.45, 7) is 0.316. The lowest BCUT2D eigenvalue weighted by molar-refractivity contribution is -0.267. The molecular formula is C8H16O5. The van der Waals surface area contributed by atoms with Gasteiger partial charge in [0.15, 0.2) is 6.29 Å². The van der Waals surface area contributed by atoms with Gasteiger partial charge in [0, 0.05) is 21.3 Å². The summed E-state index contributed by atoms with van der Waals surface area (Å²) in [5.74, 6) is 0. The van der Waals surface area contributed by atoms with Crippen LogP contribution in [0.3, 0.4) is 0 Å². The molecule has 1 saturated heterocycles. The largest absolute Gasteiger partial charge is 0.376 e. The first-order valence-corrected chi connectivity index (χ1v) is 4.12. The Kier molecular flexibility index (Phi) is 4.08. The van der Waals surface area contributed by atoms with Crippen molar-refractivity contribution in [2.75, 3.05) is 27.9 Å². The second kappa shape index (κ2) is 4.88. The summed E-state index contributed by atoms with van der Waals surface area (Å²) in [4.78, 5) is 0. The Labute approximate surface area is 77.5 Å². The molecule has 0 aromatic rings. The van der Waals surface area contributed by atoms with E-state index in [1.54, 1.807) is 14.2 Å². The lowest BCUT2D eigenvalue weighted by Gasteiger charge is -2.38. The van der Waals surface area contributed by atoms with Gasteiger partial charge in [-0.25, -0.2) is 0 Å². The first-order chi connectivity index (χ1) is 6.24. The van der Waals surface area contributed by atoms with Gasteiger partial charge in [0.1, 0.15) is 18.3 Å². The zero-order valence-corrected chi connectivity index (χ0v) is 8.10. The fourth-order valence-electron chi connectivity index (χ4n) is 1.50. The number of hydrogen-bond acceptors (Lipinski definition) is 5. The molecule has 0 aliphatic carbocycles. The molecule has 1 aliphatic heterocycles. The van der Waals surface area contributed by atoms with Gasteiger partial charge in [-0.15, -0.1) is 0 Å². The maximum absolute atomic E-state index is 9.40. The summed E-state index contributed by atoms with van der Waals surface area (Å²) < 4.78 is 20.4. The maximum atomic E-state index is 9.40. The second-order valence-corrected chi connectivity index (χ2v) is 2.90. The minimum absolute atomic E-state index is 0.196. The van der Waals surface area contributed by atoms with Crippen LogP contribution < -0.4 is 0 Å². The van der Waals surface area contributed by atoms with Gasteiger partial charge in [0.05, 0.1) is 6.61 Å². The summed E-state index contributed by atoms with van der Waals surface area (Å²) >= 11 is 0. The van der Waals surface area contributed by atoms with Gasteiger partial charge in [-0.1, -0.05) is 0 Å². The van der Waals surface area contributed by atoms with E-state index in [1.807, 2.05) is 0 Å². The van der Waals surface area contributed by atoms with E-state index in [0.717, 1.165) is 0 Å². The van der Waals surface area contributed by atoms with Crippen LogP contribution >= 0.6 is 0 Å². The third-order valence-electron chi connectivity index (χ3n) is 2.25. The van der Waals surface area contributed by atoms with Crippen LogP contribution in [-0.2, 0) is 18.9 Å². The van der Waals surface area contributed by atoms with Crippen molar-refractivity contribution in [1.29, 1.82) is 0 Å². The molecule has 1 aliphatic rings. The molecule has 13 heavy (non-hydrogen) atoms. The second-order valence-electron chi connectivity index (χ2n) is 2.90. The highest BCUT2D eigenvalue weighted by molar-refractivity contribution is 4.85. The molecule has 1 heterocycles. The standard InChI is InChI=1S/C8H16O5/c1-10-5-4-13-8(9)7(12-3)6(5)11-2/h5-9H,4H2,1-3H3/t5?,6-,7-,8-/m1/s1. The molecule has 5 heteroatoms. The van der Waals surface area contributed by atoms with Crippen molar-refractivity contribution in [3.8, 4) is 0 Å². The van der Waals surface area contributed by atoms with Crippen LogP contribution in [0, 0.1) is 0 Å². The van der Waals surface area contributed by atoms with E-state index in [-0.39, 0.29) is 12.2 Å². The lowest BCUT2D eigenvalue weighted by Crippen LogP contribution is -2.55. The highest BCUT2D eigenvalue weighted by Crippen LogP contribution is 2.20.